The molecular weight excluding hydrogens is 529 g/mol. The van der Waals surface area contributed by atoms with Crippen LogP contribution in [0.3, 0.4) is 0 Å². The van der Waals surface area contributed by atoms with Gasteiger partial charge < -0.3 is 29.8 Å². The molecule has 1 amide bonds. The number of benzene rings is 2. The predicted octanol–water partition coefficient (Wildman–Crippen LogP) is 3.62. The minimum absolute atomic E-state index is 0.0661. The number of hydrogen-bond acceptors (Lipinski definition) is 7. The minimum Gasteiger partial charge on any atom is -0.482 e. The topological polar surface area (TPSA) is 133 Å². The molecule has 2 aromatic heterocycles. The molecule has 39 heavy (non-hydrogen) atoms. The summed E-state index contributed by atoms with van der Waals surface area (Å²) in [6.45, 7) is 0.789. The van der Waals surface area contributed by atoms with Gasteiger partial charge >= 0.3 is 5.97 Å². The quantitative estimate of drug-likeness (QED) is 0.238. The number of carboxylic acid groups (broad SMARTS) is 1. The molecule has 12 heteroatoms. The maximum absolute atomic E-state index is 14.2. The molecule has 10 nitrogen and oxygen atoms in total. The molecule has 206 valence electrons. The smallest absolute Gasteiger partial charge is 0.341 e. The number of amides is 1. The number of methoxy groups -OCH3 is 1. The van der Waals surface area contributed by atoms with Gasteiger partial charge in [0.25, 0.3) is 0 Å². The number of halogens is 2. The molecule has 0 aliphatic rings. The summed E-state index contributed by atoms with van der Waals surface area (Å²) in [6, 6.07) is 11.6. The van der Waals surface area contributed by atoms with Crippen molar-refractivity contribution in [2.24, 2.45) is 0 Å². The normalized spacial score (nSPS) is 11.3. The first-order valence-corrected chi connectivity index (χ1v) is 12.8. The fourth-order valence-electron chi connectivity index (χ4n) is 4.49. The van der Waals surface area contributed by atoms with E-state index in [-0.39, 0.29) is 24.1 Å². The third-order valence-corrected chi connectivity index (χ3v) is 6.39. The van der Waals surface area contributed by atoms with Crippen molar-refractivity contribution in [3.8, 4) is 5.75 Å². The van der Waals surface area contributed by atoms with Crippen LogP contribution in [0.1, 0.15) is 17.8 Å². The van der Waals surface area contributed by atoms with Gasteiger partial charge in [-0.2, -0.15) is 0 Å². The van der Waals surface area contributed by atoms with Gasteiger partial charge in [0, 0.05) is 44.6 Å². The fourth-order valence-corrected chi connectivity index (χ4v) is 4.66. The number of anilines is 1. The number of alkyl halides is 1. The van der Waals surface area contributed by atoms with E-state index in [1.807, 2.05) is 24.3 Å². The lowest BCUT2D eigenvalue weighted by molar-refractivity contribution is -0.139. The molecule has 4 aromatic rings. The van der Waals surface area contributed by atoms with Crippen LogP contribution >= 0.6 is 11.6 Å². The van der Waals surface area contributed by atoms with E-state index in [0.29, 0.717) is 49.4 Å². The van der Waals surface area contributed by atoms with Gasteiger partial charge in [-0.25, -0.2) is 19.2 Å². The van der Waals surface area contributed by atoms with Gasteiger partial charge in [-0.05, 0) is 30.2 Å². The number of carbonyl (C=O) groups is 2. The van der Waals surface area contributed by atoms with Gasteiger partial charge in [-0.1, -0.05) is 18.2 Å². The molecule has 2 aromatic carbocycles. The van der Waals surface area contributed by atoms with E-state index in [1.54, 1.807) is 7.11 Å². The Morgan fingerprint density at radius 3 is 2.74 bits per heavy atom. The van der Waals surface area contributed by atoms with Gasteiger partial charge in [-0.15, -0.1) is 11.6 Å². The number of aryl methyl sites for hydroxylation is 1. The largest absolute Gasteiger partial charge is 0.482 e. The molecule has 0 spiro atoms. The maximum atomic E-state index is 14.2. The zero-order chi connectivity index (χ0) is 27.9. The van der Waals surface area contributed by atoms with Crippen molar-refractivity contribution in [3.05, 3.63) is 59.7 Å². The van der Waals surface area contributed by atoms with Crippen LogP contribution in [0, 0.1) is 5.82 Å². The van der Waals surface area contributed by atoms with E-state index in [9.17, 15) is 14.0 Å². The average Bonchev–Trinajstić information content (AvgIpc) is 3.28. The Morgan fingerprint density at radius 2 is 2.00 bits per heavy atom. The summed E-state index contributed by atoms with van der Waals surface area (Å²) in [5, 5.41) is 9.75. The van der Waals surface area contributed by atoms with Crippen LogP contribution in [0.5, 0.6) is 5.75 Å². The lowest BCUT2D eigenvalue weighted by atomic mass is 10.1. The second kappa shape index (κ2) is 12.7. The zero-order valence-electron chi connectivity index (χ0n) is 21.4. The monoisotopic (exact) mass is 557 g/mol. The number of imidazole rings is 1. The number of nitrogen functional groups attached to an aromatic ring is 1. The van der Waals surface area contributed by atoms with Gasteiger partial charge in [-0.3, -0.25) is 4.79 Å². The first-order valence-electron chi connectivity index (χ1n) is 12.3. The average molecular weight is 558 g/mol. The van der Waals surface area contributed by atoms with Crippen LogP contribution in [0.15, 0.2) is 42.5 Å². The maximum Gasteiger partial charge on any atom is 0.341 e. The highest BCUT2D eigenvalue weighted by atomic mass is 35.5. The molecule has 0 unspecified atom stereocenters. The summed E-state index contributed by atoms with van der Waals surface area (Å²) in [4.78, 5) is 34.3. The first-order chi connectivity index (χ1) is 18.8. The number of ether oxygens (including phenoxy) is 2. The second-order valence-electron chi connectivity index (χ2n) is 8.91. The fraction of sp³-hybridized carbons (Fsp3) is 0.333. The molecule has 0 aliphatic heterocycles. The number of para-hydroxylation sites is 1. The molecule has 0 bridgehead atoms. The molecule has 0 radical (unpaired) electrons. The first kappa shape index (κ1) is 28.1. The Balaban J connectivity index is 1.58. The molecule has 0 saturated carbocycles. The summed E-state index contributed by atoms with van der Waals surface area (Å²) < 4.78 is 26.7. The Bertz CT molecular complexity index is 1490. The van der Waals surface area contributed by atoms with E-state index in [1.165, 1.54) is 17.0 Å². The van der Waals surface area contributed by atoms with Gasteiger partial charge in [0.05, 0.1) is 17.6 Å². The van der Waals surface area contributed by atoms with E-state index >= 15 is 0 Å². The number of aromatic nitrogens is 3. The second-order valence-corrected chi connectivity index (χ2v) is 9.18. The highest BCUT2D eigenvalue weighted by molar-refractivity contribution is 6.27. The Morgan fingerprint density at radius 1 is 1.21 bits per heavy atom. The molecule has 3 N–H and O–H groups in total. The molecule has 0 aliphatic carbocycles. The van der Waals surface area contributed by atoms with Gasteiger partial charge in [0.15, 0.2) is 12.4 Å². The number of aliphatic carboxylic acids is 1. The van der Waals surface area contributed by atoms with Crippen LogP contribution < -0.4 is 10.5 Å². The van der Waals surface area contributed by atoms with Crippen molar-refractivity contribution in [1.29, 1.82) is 0 Å². The lowest BCUT2D eigenvalue weighted by Gasteiger charge is -2.23. The van der Waals surface area contributed by atoms with Crippen molar-refractivity contribution in [1.82, 2.24) is 19.4 Å². The summed E-state index contributed by atoms with van der Waals surface area (Å²) in [6.07, 6.45) is 1.11. The molecular formula is C27H29ClFN5O5. The van der Waals surface area contributed by atoms with Crippen LogP contribution in [0.2, 0.25) is 0 Å². The third-order valence-electron chi connectivity index (χ3n) is 6.16. The van der Waals surface area contributed by atoms with Crippen molar-refractivity contribution >= 4 is 51.2 Å². The Labute approximate surface area is 229 Å². The van der Waals surface area contributed by atoms with Crippen LogP contribution in [-0.4, -0.2) is 69.2 Å². The summed E-state index contributed by atoms with van der Waals surface area (Å²) in [7, 11) is 1.62. The lowest BCUT2D eigenvalue weighted by Crippen LogP contribution is -2.33. The summed E-state index contributed by atoms with van der Waals surface area (Å²) in [5.74, 6) is -1.14. The van der Waals surface area contributed by atoms with Crippen LogP contribution in [0.25, 0.3) is 21.9 Å². The number of carbonyl (C=O) groups excluding carboxylic acids is 1. The Hall–Kier alpha value is -3.96. The number of rotatable bonds is 13. The number of nitrogens with two attached hydrogens (primary N) is 1. The van der Waals surface area contributed by atoms with Crippen LogP contribution in [0.4, 0.5) is 10.2 Å². The molecule has 2 heterocycles. The van der Waals surface area contributed by atoms with Crippen molar-refractivity contribution < 1.29 is 28.6 Å². The summed E-state index contributed by atoms with van der Waals surface area (Å²) in [5.41, 5.74) is 8.94. The van der Waals surface area contributed by atoms with E-state index in [0.717, 1.165) is 28.3 Å². The Kier molecular flexibility index (Phi) is 9.15. The minimum atomic E-state index is -1.18. The van der Waals surface area contributed by atoms with Crippen molar-refractivity contribution in [2.75, 3.05) is 38.5 Å². The standard InChI is InChI=1S/C27H29ClFN5O5/c1-38-10-7-22-32-25-26(20-5-2-3-6-21(20)31-27(25)30)34(22)9-4-8-33(23(35)14-28)15-17-11-18(29)13-19(12-17)39-16-24(36)37/h2-3,5-6,11-13H,4,7-10,14-16H2,1H3,(H2,30,31)(H,36,37). The zero-order valence-corrected chi connectivity index (χ0v) is 22.2. The number of pyridine rings is 1. The van der Waals surface area contributed by atoms with Crippen molar-refractivity contribution in [3.63, 3.8) is 0 Å². The highest BCUT2D eigenvalue weighted by Crippen LogP contribution is 2.29. The van der Waals surface area contributed by atoms with Crippen molar-refractivity contribution in [2.45, 2.75) is 25.9 Å². The van der Waals surface area contributed by atoms with Crippen LogP contribution in [-0.2, 0) is 33.8 Å². The molecule has 0 saturated heterocycles. The molecule has 0 fully saturated rings. The number of hydrogen-bond donors (Lipinski definition) is 2. The number of carboxylic acids is 1. The molecule has 4 rings (SSSR count). The van der Waals surface area contributed by atoms with Gasteiger partial charge in [0.1, 0.15) is 28.8 Å². The van der Waals surface area contributed by atoms with E-state index in [2.05, 4.69) is 9.55 Å². The predicted molar refractivity (Wildman–Crippen MR) is 145 cm³/mol. The third kappa shape index (κ3) is 6.73. The SMILES string of the molecule is COCCc1nc2c(N)nc3ccccc3c2n1CCCN(Cc1cc(F)cc(OCC(=O)O)c1)C(=O)CCl. The van der Waals surface area contributed by atoms with E-state index in [4.69, 9.17) is 36.9 Å². The number of nitrogens with zero attached hydrogens (tertiary/aromatic N) is 4. The highest BCUT2D eigenvalue weighted by Gasteiger charge is 2.19. The molecule has 0 atom stereocenters. The number of fused-ring (bicyclic) bond motifs is 3. The summed E-state index contributed by atoms with van der Waals surface area (Å²) >= 11 is 5.88. The van der Waals surface area contributed by atoms with Gasteiger partial charge in [0.2, 0.25) is 5.91 Å². The van der Waals surface area contributed by atoms with E-state index < -0.39 is 18.4 Å².